The van der Waals surface area contributed by atoms with E-state index in [9.17, 15) is 9.59 Å². The second-order valence-corrected chi connectivity index (χ2v) is 12.7. The number of pyridine rings is 1. The van der Waals surface area contributed by atoms with Gasteiger partial charge < -0.3 is 19.9 Å². The first-order valence-electron chi connectivity index (χ1n) is 14.0. The highest BCUT2D eigenvalue weighted by Gasteiger charge is 2.54. The van der Waals surface area contributed by atoms with Crippen molar-refractivity contribution >= 4 is 23.3 Å². The summed E-state index contributed by atoms with van der Waals surface area (Å²) >= 11 is 0. The lowest BCUT2D eigenvalue weighted by Gasteiger charge is -2.29. The molecule has 3 aliphatic rings. The maximum Gasteiger partial charge on any atom is 0.410 e. The predicted molar refractivity (Wildman–Crippen MR) is 149 cm³/mol. The van der Waals surface area contributed by atoms with Gasteiger partial charge in [-0.3, -0.25) is 4.79 Å². The number of nitrogens with one attached hydrogen (secondary N) is 1. The van der Waals surface area contributed by atoms with Crippen molar-refractivity contribution in [3.8, 4) is 0 Å². The molecule has 2 aliphatic heterocycles. The normalized spacial score (nSPS) is 26.4. The Morgan fingerprint density at radius 1 is 1.13 bits per heavy atom. The van der Waals surface area contributed by atoms with Gasteiger partial charge in [0.25, 0.3) is 5.91 Å². The third kappa shape index (κ3) is 4.94. The van der Waals surface area contributed by atoms with Crippen molar-refractivity contribution < 1.29 is 14.3 Å². The van der Waals surface area contributed by atoms with Crippen molar-refractivity contribution in [1.82, 2.24) is 24.8 Å². The van der Waals surface area contributed by atoms with Crippen LogP contribution in [0.2, 0.25) is 0 Å². The van der Waals surface area contributed by atoms with E-state index in [1.54, 1.807) is 9.42 Å². The lowest BCUT2D eigenvalue weighted by Crippen LogP contribution is -2.40. The Labute approximate surface area is 229 Å². The Morgan fingerprint density at radius 2 is 1.90 bits per heavy atom. The fourth-order valence-corrected chi connectivity index (χ4v) is 6.32. The SMILES string of the molecule is Cc1cc(N2CCC(C)(c3ccccc3)C2)cn2nc(C(=O)NC3C4CCN(C(=O)OC(C)(C)C)CC43)nc12. The van der Waals surface area contributed by atoms with E-state index in [0.717, 1.165) is 37.2 Å². The highest BCUT2D eigenvalue weighted by Crippen LogP contribution is 2.45. The number of rotatable bonds is 4. The quantitative estimate of drug-likeness (QED) is 0.544. The van der Waals surface area contributed by atoms with Crippen molar-refractivity contribution in [2.75, 3.05) is 31.1 Å². The number of likely N-dealkylation sites (tertiary alicyclic amines) is 1. The molecule has 2 aromatic heterocycles. The lowest BCUT2D eigenvalue weighted by atomic mass is 9.82. The number of ether oxygens (including phenoxy) is 1. The average molecular weight is 531 g/mol. The van der Waals surface area contributed by atoms with E-state index in [4.69, 9.17) is 4.74 Å². The summed E-state index contributed by atoms with van der Waals surface area (Å²) in [6, 6.07) is 12.9. The smallest absolute Gasteiger partial charge is 0.410 e. The molecule has 39 heavy (non-hydrogen) atoms. The molecule has 0 radical (unpaired) electrons. The summed E-state index contributed by atoms with van der Waals surface area (Å²) in [4.78, 5) is 34.3. The number of hydrogen-bond acceptors (Lipinski definition) is 6. The molecule has 0 spiro atoms. The number of nitrogens with zero attached hydrogens (tertiary/aromatic N) is 5. The summed E-state index contributed by atoms with van der Waals surface area (Å²) in [6.07, 6.45) is 3.63. The molecule has 3 aromatic rings. The molecule has 3 fully saturated rings. The summed E-state index contributed by atoms with van der Waals surface area (Å²) in [5, 5.41) is 7.70. The van der Waals surface area contributed by atoms with Crippen molar-refractivity contribution in [2.24, 2.45) is 11.8 Å². The molecule has 1 aromatic carbocycles. The van der Waals surface area contributed by atoms with E-state index < -0.39 is 5.60 Å². The van der Waals surface area contributed by atoms with Crippen LogP contribution in [0.4, 0.5) is 10.5 Å². The van der Waals surface area contributed by atoms with Gasteiger partial charge in [0.15, 0.2) is 5.65 Å². The van der Waals surface area contributed by atoms with Crippen LogP contribution < -0.4 is 10.2 Å². The number of fused-ring (bicyclic) bond motifs is 2. The van der Waals surface area contributed by atoms with Crippen LogP contribution >= 0.6 is 0 Å². The summed E-state index contributed by atoms with van der Waals surface area (Å²) in [7, 11) is 0. The van der Waals surface area contributed by atoms with Crippen LogP contribution in [0.25, 0.3) is 5.65 Å². The average Bonchev–Trinajstić information content (AvgIpc) is 3.20. The summed E-state index contributed by atoms with van der Waals surface area (Å²) in [5.41, 5.74) is 3.71. The minimum Gasteiger partial charge on any atom is -0.444 e. The Morgan fingerprint density at radius 3 is 2.64 bits per heavy atom. The molecular weight excluding hydrogens is 492 g/mol. The highest BCUT2D eigenvalue weighted by molar-refractivity contribution is 5.91. The molecule has 1 N–H and O–H groups in total. The zero-order valence-electron chi connectivity index (χ0n) is 23.5. The number of amides is 2. The molecule has 1 aliphatic carbocycles. The Balaban J connectivity index is 1.12. The standard InChI is InChI=1S/C30H38N6O3/c1-19-15-21(35-14-12-30(5,18-35)20-9-7-6-8-10-20)16-36-26(19)32-25(33-36)27(37)31-24-22-11-13-34(17-23(22)24)28(38)39-29(2,3)4/h6-10,15-16,22-24H,11-14,17-18H2,1-5H3,(H,31,37). The van der Waals surface area contributed by atoms with Gasteiger partial charge in [-0.15, -0.1) is 5.10 Å². The van der Waals surface area contributed by atoms with Crippen LogP contribution in [0, 0.1) is 18.8 Å². The molecule has 4 unspecified atom stereocenters. The van der Waals surface area contributed by atoms with Gasteiger partial charge in [-0.25, -0.2) is 14.3 Å². The Kier molecular flexibility index (Phi) is 6.08. The topological polar surface area (TPSA) is 92.1 Å². The van der Waals surface area contributed by atoms with E-state index in [1.165, 1.54) is 5.56 Å². The van der Waals surface area contributed by atoms with Gasteiger partial charge in [0.1, 0.15) is 5.60 Å². The number of carbonyl (C=O) groups excluding carboxylic acids is 2. The molecule has 9 nitrogen and oxygen atoms in total. The molecule has 9 heteroatoms. The van der Waals surface area contributed by atoms with E-state index in [1.807, 2.05) is 33.9 Å². The number of aromatic nitrogens is 3. The van der Waals surface area contributed by atoms with E-state index in [2.05, 4.69) is 63.6 Å². The third-order valence-electron chi connectivity index (χ3n) is 8.56. The molecule has 206 valence electrons. The zero-order chi connectivity index (χ0) is 27.5. The zero-order valence-corrected chi connectivity index (χ0v) is 23.5. The minimum absolute atomic E-state index is 0.0356. The molecule has 2 saturated heterocycles. The number of anilines is 1. The van der Waals surface area contributed by atoms with Crippen LogP contribution in [0.15, 0.2) is 42.6 Å². The van der Waals surface area contributed by atoms with Gasteiger partial charge in [-0.2, -0.15) is 0 Å². The molecule has 4 heterocycles. The third-order valence-corrected chi connectivity index (χ3v) is 8.56. The molecule has 2 amide bonds. The van der Waals surface area contributed by atoms with E-state index in [-0.39, 0.29) is 35.2 Å². The maximum absolute atomic E-state index is 13.1. The Bertz CT molecular complexity index is 1410. The van der Waals surface area contributed by atoms with Crippen LogP contribution in [0.5, 0.6) is 0 Å². The summed E-state index contributed by atoms with van der Waals surface area (Å²) in [5.74, 6) is 0.543. The monoisotopic (exact) mass is 530 g/mol. The van der Waals surface area contributed by atoms with Crippen molar-refractivity contribution in [2.45, 2.75) is 64.5 Å². The Hall–Kier alpha value is -3.62. The van der Waals surface area contributed by atoms with Crippen LogP contribution in [0.1, 0.15) is 62.3 Å². The maximum atomic E-state index is 13.1. The number of carbonyl (C=O) groups is 2. The van der Waals surface area contributed by atoms with Gasteiger partial charge >= 0.3 is 6.09 Å². The van der Waals surface area contributed by atoms with Gasteiger partial charge in [-0.1, -0.05) is 37.3 Å². The van der Waals surface area contributed by atoms with Crippen molar-refractivity contribution in [1.29, 1.82) is 0 Å². The van der Waals surface area contributed by atoms with Crippen LogP contribution in [-0.4, -0.2) is 69.3 Å². The van der Waals surface area contributed by atoms with Crippen LogP contribution in [0.3, 0.4) is 0 Å². The number of benzene rings is 1. The summed E-state index contributed by atoms with van der Waals surface area (Å²) in [6.45, 7) is 13.1. The summed E-state index contributed by atoms with van der Waals surface area (Å²) < 4.78 is 7.27. The fourth-order valence-electron chi connectivity index (χ4n) is 6.32. The second-order valence-electron chi connectivity index (χ2n) is 12.7. The van der Waals surface area contributed by atoms with Gasteiger partial charge in [0.2, 0.25) is 5.82 Å². The molecule has 4 atom stereocenters. The highest BCUT2D eigenvalue weighted by atomic mass is 16.6. The van der Waals surface area contributed by atoms with E-state index in [0.29, 0.717) is 24.7 Å². The van der Waals surface area contributed by atoms with Crippen molar-refractivity contribution in [3.63, 3.8) is 0 Å². The van der Waals surface area contributed by atoms with Crippen molar-refractivity contribution in [3.05, 3.63) is 59.5 Å². The molecular formula is C30H38N6O3. The molecule has 1 saturated carbocycles. The number of piperidine rings is 1. The van der Waals surface area contributed by atoms with Gasteiger partial charge in [0, 0.05) is 43.6 Å². The minimum atomic E-state index is -0.520. The molecule has 6 rings (SSSR count). The number of hydrogen-bond donors (Lipinski definition) is 1. The van der Waals surface area contributed by atoms with E-state index >= 15 is 0 Å². The fraction of sp³-hybridized carbons (Fsp3) is 0.533. The van der Waals surface area contributed by atoms with Gasteiger partial charge in [0.05, 0.1) is 11.9 Å². The first kappa shape index (κ1) is 25.6. The lowest BCUT2D eigenvalue weighted by molar-refractivity contribution is 0.0207. The van der Waals surface area contributed by atoms with Gasteiger partial charge in [-0.05, 0) is 63.6 Å². The predicted octanol–water partition coefficient (Wildman–Crippen LogP) is 4.19. The first-order valence-corrected chi connectivity index (χ1v) is 14.0. The number of aryl methyl sites for hydroxylation is 1. The second kappa shape index (κ2) is 9.24. The largest absolute Gasteiger partial charge is 0.444 e. The first-order chi connectivity index (χ1) is 18.5. The molecule has 0 bridgehead atoms. The van der Waals surface area contributed by atoms with Crippen LogP contribution in [-0.2, 0) is 10.2 Å².